The zero-order valence-electron chi connectivity index (χ0n) is 16.4. The molecule has 0 spiro atoms. The lowest BCUT2D eigenvalue weighted by atomic mass is 10.1. The molecule has 0 unspecified atom stereocenters. The Morgan fingerprint density at radius 1 is 0.967 bits per heavy atom. The number of methoxy groups -OCH3 is 2. The lowest BCUT2D eigenvalue weighted by molar-refractivity contribution is 0.0601. The Kier molecular flexibility index (Phi) is 6.82. The van der Waals surface area contributed by atoms with Gasteiger partial charge in [0, 0.05) is 12.1 Å². The number of benzene rings is 2. The Bertz CT molecular complexity index is 1050. The van der Waals surface area contributed by atoms with E-state index < -0.39 is 5.97 Å². The molecular weight excluding hydrogens is 404 g/mol. The standard InChI is InChI=1S/C22H20N2O5S/c1-28-16-9-10-18(17(12-16)22(27)29-2)24-20(25)15-7-5-14(6-8-15)13-23-21(26)19-4-3-11-30-19/h3-12H,13H2,1-2H3,(H,23,26)(H,24,25). The lowest BCUT2D eigenvalue weighted by Crippen LogP contribution is -2.21. The number of amides is 2. The molecule has 0 bridgehead atoms. The summed E-state index contributed by atoms with van der Waals surface area (Å²) in [6.07, 6.45) is 0. The molecule has 3 aromatic rings. The van der Waals surface area contributed by atoms with Gasteiger partial charge in [0.15, 0.2) is 0 Å². The quantitative estimate of drug-likeness (QED) is 0.564. The minimum absolute atomic E-state index is 0.137. The zero-order valence-corrected chi connectivity index (χ0v) is 17.2. The van der Waals surface area contributed by atoms with Gasteiger partial charge in [-0.3, -0.25) is 9.59 Å². The minimum atomic E-state index is -0.582. The van der Waals surface area contributed by atoms with E-state index in [1.807, 2.05) is 11.4 Å². The predicted octanol–water partition coefficient (Wildman–Crippen LogP) is 3.73. The van der Waals surface area contributed by atoms with Gasteiger partial charge in [0.25, 0.3) is 11.8 Å². The van der Waals surface area contributed by atoms with Crippen molar-refractivity contribution in [2.45, 2.75) is 6.54 Å². The molecule has 2 aromatic carbocycles. The summed E-state index contributed by atoms with van der Waals surface area (Å²) in [5.41, 5.74) is 1.78. The van der Waals surface area contributed by atoms with Crippen LogP contribution in [0.15, 0.2) is 60.0 Å². The smallest absolute Gasteiger partial charge is 0.340 e. The van der Waals surface area contributed by atoms with Gasteiger partial charge in [0.1, 0.15) is 5.75 Å². The Morgan fingerprint density at radius 3 is 2.37 bits per heavy atom. The first kappa shape index (κ1) is 21.1. The normalized spacial score (nSPS) is 10.2. The molecule has 2 N–H and O–H groups in total. The molecule has 30 heavy (non-hydrogen) atoms. The summed E-state index contributed by atoms with van der Waals surface area (Å²) in [4.78, 5) is 37.3. The van der Waals surface area contributed by atoms with Crippen molar-refractivity contribution in [1.82, 2.24) is 5.32 Å². The van der Waals surface area contributed by atoms with Gasteiger partial charge in [0.2, 0.25) is 0 Å². The van der Waals surface area contributed by atoms with Crippen molar-refractivity contribution in [1.29, 1.82) is 0 Å². The molecule has 154 valence electrons. The first-order valence-corrected chi connectivity index (χ1v) is 9.88. The van der Waals surface area contributed by atoms with Crippen LogP contribution in [-0.2, 0) is 11.3 Å². The van der Waals surface area contributed by atoms with E-state index >= 15 is 0 Å². The van der Waals surface area contributed by atoms with Gasteiger partial charge >= 0.3 is 5.97 Å². The van der Waals surface area contributed by atoms with E-state index in [9.17, 15) is 14.4 Å². The molecule has 2 amide bonds. The average Bonchev–Trinajstić information content (AvgIpc) is 3.32. The molecule has 1 aromatic heterocycles. The number of nitrogens with one attached hydrogen (secondary N) is 2. The third-order valence-electron chi connectivity index (χ3n) is 4.29. The molecular formula is C22H20N2O5S. The number of rotatable bonds is 7. The van der Waals surface area contributed by atoms with E-state index in [1.165, 1.54) is 31.6 Å². The minimum Gasteiger partial charge on any atom is -0.497 e. The first-order chi connectivity index (χ1) is 14.5. The maximum absolute atomic E-state index is 12.6. The SMILES string of the molecule is COC(=O)c1cc(OC)ccc1NC(=O)c1ccc(CNC(=O)c2cccs2)cc1. The van der Waals surface area contributed by atoms with Crippen LogP contribution < -0.4 is 15.4 Å². The maximum Gasteiger partial charge on any atom is 0.340 e. The highest BCUT2D eigenvalue weighted by Crippen LogP contribution is 2.23. The summed E-state index contributed by atoms with van der Waals surface area (Å²) >= 11 is 1.37. The second-order valence-corrected chi connectivity index (χ2v) is 7.16. The number of anilines is 1. The van der Waals surface area contributed by atoms with Crippen LogP contribution in [0.4, 0.5) is 5.69 Å². The predicted molar refractivity (Wildman–Crippen MR) is 114 cm³/mol. The molecule has 0 aliphatic heterocycles. The Hall–Kier alpha value is -3.65. The fourth-order valence-electron chi connectivity index (χ4n) is 2.68. The highest BCUT2D eigenvalue weighted by molar-refractivity contribution is 7.12. The summed E-state index contributed by atoms with van der Waals surface area (Å²) in [7, 11) is 2.75. The number of carbonyl (C=O) groups excluding carboxylic acids is 3. The molecule has 0 fully saturated rings. The fraction of sp³-hybridized carbons (Fsp3) is 0.136. The topological polar surface area (TPSA) is 93.7 Å². The lowest BCUT2D eigenvalue weighted by Gasteiger charge is -2.12. The summed E-state index contributed by atoms with van der Waals surface area (Å²) < 4.78 is 9.89. The Morgan fingerprint density at radius 2 is 1.73 bits per heavy atom. The summed E-state index contributed by atoms with van der Waals surface area (Å²) in [5.74, 6) is -0.621. The summed E-state index contributed by atoms with van der Waals surface area (Å²) in [5, 5.41) is 7.40. The van der Waals surface area contributed by atoms with Crippen LogP contribution in [-0.4, -0.2) is 32.0 Å². The number of ether oxygens (including phenoxy) is 2. The molecule has 0 saturated carbocycles. The van der Waals surface area contributed by atoms with Crippen molar-refractivity contribution >= 4 is 34.8 Å². The molecule has 0 radical (unpaired) electrons. The zero-order chi connectivity index (χ0) is 21.5. The van der Waals surface area contributed by atoms with Gasteiger partial charge in [-0.05, 0) is 47.3 Å². The second-order valence-electron chi connectivity index (χ2n) is 6.21. The number of hydrogen-bond donors (Lipinski definition) is 2. The van der Waals surface area contributed by atoms with E-state index in [2.05, 4.69) is 10.6 Å². The van der Waals surface area contributed by atoms with Crippen molar-refractivity contribution in [3.05, 3.63) is 81.5 Å². The molecule has 0 aliphatic carbocycles. The van der Waals surface area contributed by atoms with Crippen molar-refractivity contribution in [3.63, 3.8) is 0 Å². The largest absolute Gasteiger partial charge is 0.497 e. The maximum atomic E-state index is 12.6. The number of hydrogen-bond acceptors (Lipinski definition) is 6. The van der Waals surface area contributed by atoms with Crippen LogP contribution in [0.5, 0.6) is 5.75 Å². The van der Waals surface area contributed by atoms with E-state index in [4.69, 9.17) is 9.47 Å². The fourth-order valence-corrected chi connectivity index (χ4v) is 3.32. The average molecular weight is 424 g/mol. The third kappa shape index (κ3) is 5.03. The highest BCUT2D eigenvalue weighted by Gasteiger charge is 2.16. The molecule has 0 atom stereocenters. The van der Waals surface area contributed by atoms with Crippen LogP contribution in [0.2, 0.25) is 0 Å². The van der Waals surface area contributed by atoms with Gasteiger partial charge in [-0.25, -0.2) is 4.79 Å². The second kappa shape index (κ2) is 9.71. The van der Waals surface area contributed by atoms with Crippen LogP contribution in [0, 0.1) is 0 Å². The van der Waals surface area contributed by atoms with Crippen molar-refractivity contribution in [3.8, 4) is 5.75 Å². The van der Waals surface area contributed by atoms with Crippen LogP contribution in [0.3, 0.4) is 0 Å². The highest BCUT2D eigenvalue weighted by atomic mass is 32.1. The van der Waals surface area contributed by atoms with Crippen LogP contribution in [0.1, 0.15) is 36.0 Å². The molecule has 7 nitrogen and oxygen atoms in total. The van der Waals surface area contributed by atoms with Crippen molar-refractivity contribution in [2.24, 2.45) is 0 Å². The van der Waals surface area contributed by atoms with E-state index in [1.54, 1.807) is 42.5 Å². The summed E-state index contributed by atoms with van der Waals surface area (Å²) in [6.45, 7) is 0.351. The van der Waals surface area contributed by atoms with Gasteiger partial charge < -0.3 is 20.1 Å². The first-order valence-electron chi connectivity index (χ1n) is 9.00. The van der Waals surface area contributed by atoms with E-state index in [0.717, 1.165) is 5.56 Å². The van der Waals surface area contributed by atoms with Crippen LogP contribution >= 0.6 is 11.3 Å². The molecule has 8 heteroatoms. The number of thiophene rings is 1. The van der Waals surface area contributed by atoms with E-state index in [0.29, 0.717) is 28.4 Å². The van der Waals surface area contributed by atoms with E-state index in [-0.39, 0.29) is 17.4 Å². The molecule has 3 rings (SSSR count). The monoisotopic (exact) mass is 424 g/mol. The van der Waals surface area contributed by atoms with Crippen molar-refractivity contribution < 1.29 is 23.9 Å². The van der Waals surface area contributed by atoms with Crippen molar-refractivity contribution in [2.75, 3.05) is 19.5 Å². The number of carbonyl (C=O) groups is 3. The third-order valence-corrected chi connectivity index (χ3v) is 5.16. The molecule has 1 heterocycles. The Balaban J connectivity index is 1.66. The molecule has 0 aliphatic rings. The number of esters is 1. The van der Waals surface area contributed by atoms with Crippen LogP contribution in [0.25, 0.3) is 0 Å². The van der Waals surface area contributed by atoms with Gasteiger partial charge in [-0.2, -0.15) is 0 Å². The Labute approximate surface area is 177 Å². The van der Waals surface area contributed by atoms with Gasteiger partial charge in [-0.1, -0.05) is 18.2 Å². The summed E-state index contributed by atoms with van der Waals surface area (Å²) in [6, 6.07) is 15.1. The van der Waals surface area contributed by atoms with Gasteiger partial charge in [0.05, 0.1) is 30.3 Å². The van der Waals surface area contributed by atoms with Gasteiger partial charge in [-0.15, -0.1) is 11.3 Å². The molecule has 0 saturated heterocycles.